The Bertz CT molecular complexity index is 1350. The molecule has 1 amide bonds. The number of nitrogens with one attached hydrogen (secondary N) is 2. The number of aryl methyl sites for hydroxylation is 1. The molecule has 0 spiro atoms. The Morgan fingerprint density at radius 3 is 2.82 bits per heavy atom. The Labute approximate surface area is 193 Å². The predicted molar refractivity (Wildman–Crippen MR) is 125 cm³/mol. The van der Waals surface area contributed by atoms with Gasteiger partial charge in [0.25, 0.3) is 5.91 Å². The van der Waals surface area contributed by atoms with E-state index in [-0.39, 0.29) is 22.7 Å². The van der Waals surface area contributed by atoms with Crippen molar-refractivity contribution in [2.45, 2.75) is 25.5 Å². The van der Waals surface area contributed by atoms with Gasteiger partial charge in [-0.15, -0.1) is 0 Å². The molecule has 2 atom stereocenters. The van der Waals surface area contributed by atoms with Gasteiger partial charge in [-0.2, -0.15) is 5.10 Å². The average Bonchev–Trinajstić information content (AvgIpc) is 3.46. The molecule has 33 heavy (non-hydrogen) atoms. The van der Waals surface area contributed by atoms with Crippen molar-refractivity contribution >= 4 is 28.1 Å². The fourth-order valence-corrected chi connectivity index (χ4v) is 4.73. The van der Waals surface area contributed by atoms with E-state index >= 15 is 0 Å². The van der Waals surface area contributed by atoms with Crippen LogP contribution in [0, 0.1) is 6.92 Å². The van der Waals surface area contributed by atoms with Crippen LogP contribution in [0.2, 0.25) is 0 Å². The second-order valence-electron chi connectivity index (χ2n) is 7.93. The van der Waals surface area contributed by atoms with Crippen LogP contribution < -0.4 is 14.9 Å². The van der Waals surface area contributed by atoms with Gasteiger partial charge in [0.05, 0.1) is 30.7 Å². The molecule has 168 valence electrons. The Kier molecular flexibility index (Phi) is 5.89. The highest BCUT2D eigenvalue weighted by Gasteiger charge is 2.33. The molecule has 4 aromatic rings. The largest absolute Gasteiger partial charge is 0.489 e. The lowest BCUT2D eigenvalue weighted by atomic mass is 10.0. The van der Waals surface area contributed by atoms with Crippen molar-refractivity contribution in [1.82, 2.24) is 20.5 Å². The summed E-state index contributed by atoms with van der Waals surface area (Å²) in [5.41, 5.74) is 3.47. The van der Waals surface area contributed by atoms with E-state index in [0.29, 0.717) is 36.1 Å². The second-order valence-corrected chi connectivity index (χ2v) is 8.92. The summed E-state index contributed by atoms with van der Waals surface area (Å²) in [5.74, 6) is 0.327. The van der Waals surface area contributed by atoms with Gasteiger partial charge in [0.1, 0.15) is 17.4 Å². The molecule has 1 aliphatic heterocycles. The molecule has 5 rings (SSSR count). The normalized spacial score (nSPS) is 17.8. The summed E-state index contributed by atoms with van der Waals surface area (Å²) < 4.78 is 11.5. The number of aromatic nitrogens is 3. The molecule has 1 aliphatic rings. The second kappa shape index (κ2) is 9.13. The van der Waals surface area contributed by atoms with E-state index in [1.54, 1.807) is 24.3 Å². The standard InChI is InChI=1S/C24H22N4O4S/c1-14-10-16(18-4-2-3-5-20(18)25-14)11-32-17-8-6-15(7-9-17)22(29)26-21-13-31-12-19(21)23-27-28-24(30)33-23/h2-10,19,21H,11-13H2,1H3,(H,26,29)(H,28,30). The molecule has 8 nitrogen and oxygen atoms in total. The number of fused-ring (bicyclic) bond motifs is 1. The number of amides is 1. The van der Waals surface area contributed by atoms with Crippen molar-refractivity contribution in [2.24, 2.45) is 0 Å². The Balaban J connectivity index is 1.23. The van der Waals surface area contributed by atoms with Crippen LogP contribution in [0.5, 0.6) is 5.75 Å². The molecule has 2 unspecified atom stereocenters. The summed E-state index contributed by atoms with van der Waals surface area (Å²) in [6.45, 7) is 3.17. The van der Waals surface area contributed by atoms with Crippen LogP contribution in [0.3, 0.4) is 0 Å². The van der Waals surface area contributed by atoms with Crippen LogP contribution in [0.4, 0.5) is 0 Å². The smallest absolute Gasteiger partial charge is 0.322 e. The predicted octanol–water partition coefficient (Wildman–Crippen LogP) is 3.18. The molecular formula is C24H22N4O4S. The first-order valence-electron chi connectivity index (χ1n) is 10.6. The first-order valence-corrected chi connectivity index (χ1v) is 11.4. The van der Waals surface area contributed by atoms with Gasteiger partial charge in [-0.3, -0.25) is 14.6 Å². The average molecular weight is 463 g/mol. The third-order valence-corrected chi connectivity index (χ3v) is 6.49. The van der Waals surface area contributed by atoms with Gasteiger partial charge in [-0.05, 0) is 43.3 Å². The zero-order valence-corrected chi connectivity index (χ0v) is 18.7. The summed E-state index contributed by atoms with van der Waals surface area (Å²) >= 11 is 1.04. The first-order chi connectivity index (χ1) is 16.1. The minimum Gasteiger partial charge on any atom is -0.489 e. The molecule has 2 aromatic heterocycles. The number of carbonyl (C=O) groups excluding carboxylic acids is 1. The number of benzene rings is 2. The molecule has 1 fully saturated rings. The lowest BCUT2D eigenvalue weighted by Gasteiger charge is -2.17. The molecule has 2 aromatic carbocycles. The Morgan fingerprint density at radius 2 is 2.03 bits per heavy atom. The zero-order valence-electron chi connectivity index (χ0n) is 17.9. The zero-order chi connectivity index (χ0) is 22.8. The topological polar surface area (TPSA) is 106 Å². The fraction of sp³-hybridized carbons (Fsp3) is 0.250. The van der Waals surface area contributed by atoms with Crippen molar-refractivity contribution in [3.8, 4) is 5.75 Å². The van der Waals surface area contributed by atoms with Gasteiger partial charge in [0, 0.05) is 22.2 Å². The molecule has 0 saturated carbocycles. The Hall–Kier alpha value is -3.56. The minimum atomic E-state index is -0.240. The van der Waals surface area contributed by atoms with E-state index < -0.39 is 0 Å². The number of H-pyrrole nitrogens is 1. The summed E-state index contributed by atoms with van der Waals surface area (Å²) in [6.07, 6.45) is 0. The molecule has 3 heterocycles. The van der Waals surface area contributed by atoms with Gasteiger partial charge in [-0.25, -0.2) is 5.10 Å². The van der Waals surface area contributed by atoms with Crippen LogP contribution >= 0.6 is 11.3 Å². The van der Waals surface area contributed by atoms with E-state index in [9.17, 15) is 9.59 Å². The number of ether oxygens (including phenoxy) is 2. The summed E-state index contributed by atoms with van der Waals surface area (Å²) in [7, 11) is 0. The van der Waals surface area contributed by atoms with E-state index in [2.05, 4.69) is 20.5 Å². The van der Waals surface area contributed by atoms with Crippen molar-refractivity contribution in [3.05, 3.63) is 86.1 Å². The van der Waals surface area contributed by atoms with Crippen LogP contribution in [0.1, 0.15) is 32.5 Å². The summed E-state index contributed by atoms with van der Waals surface area (Å²) in [6, 6.07) is 16.8. The molecule has 0 radical (unpaired) electrons. The molecule has 9 heteroatoms. The van der Waals surface area contributed by atoms with Gasteiger partial charge < -0.3 is 14.8 Å². The number of aromatic amines is 1. The van der Waals surface area contributed by atoms with E-state index in [0.717, 1.165) is 33.5 Å². The number of hydrogen-bond acceptors (Lipinski definition) is 7. The van der Waals surface area contributed by atoms with Gasteiger partial charge in [0.2, 0.25) is 0 Å². The number of carbonyl (C=O) groups is 1. The minimum absolute atomic E-state index is 0.140. The lowest BCUT2D eigenvalue weighted by molar-refractivity contribution is 0.0928. The summed E-state index contributed by atoms with van der Waals surface area (Å²) in [5, 5.41) is 11.2. The van der Waals surface area contributed by atoms with Gasteiger partial charge in [0.15, 0.2) is 0 Å². The quantitative estimate of drug-likeness (QED) is 0.456. The third-order valence-electron chi connectivity index (χ3n) is 5.61. The van der Waals surface area contributed by atoms with E-state index in [4.69, 9.17) is 9.47 Å². The molecule has 0 bridgehead atoms. The van der Waals surface area contributed by atoms with Crippen molar-refractivity contribution in [2.75, 3.05) is 13.2 Å². The third kappa shape index (κ3) is 4.64. The monoisotopic (exact) mass is 462 g/mol. The van der Waals surface area contributed by atoms with Crippen LogP contribution in [-0.4, -0.2) is 40.3 Å². The maximum Gasteiger partial charge on any atom is 0.322 e. The SMILES string of the molecule is Cc1cc(COc2ccc(C(=O)NC3COCC3c3n[nH]c(=O)s3)cc2)c2ccccc2n1. The van der Waals surface area contributed by atoms with Crippen LogP contribution in [0.15, 0.2) is 59.4 Å². The van der Waals surface area contributed by atoms with Gasteiger partial charge in [-0.1, -0.05) is 29.5 Å². The molecular weight excluding hydrogens is 440 g/mol. The van der Waals surface area contributed by atoms with Crippen LogP contribution in [-0.2, 0) is 11.3 Å². The van der Waals surface area contributed by atoms with Crippen LogP contribution in [0.25, 0.3) is 10.9 Å². The maximum atomic E-state index is 12.8. The number of pyridine rings is 1. The Morgan fingerprint density at radius 1 is 1.21 bits per heavy atom. The molecule has 0 aliphatic carbocycles. The number of para-hydroxylation sites is 1. The highest BCUT2D eigenvalue weighted by atomic mass is 32.1. The maximum absolute atomic E-state index is 12.8. The van der Waals surface area contributed by atoms with Gasteiger partial charge >= 0.3 is 4.87 Å². The lowest BCUT2D eigenvalue weighted by Crippen LogP contribution is -2.38. The van der Waals surface area contributed by atoms with E-state index in [1.165, 1.54) is 0 Å². The highest BCUT2D eigenvalue weighted by molar-refractivity contribution is 7.08. The first kappa shape index (κ1) is 21.3. The summed E-state index contributed by atoms with van der Waals surface area (Å²) in [4.78, 5) is 28.5. The molecule has 2 N–H and O–H groups in total. The fourth-order valence-electron chi connectivity index (χ4n) is 3.97. The molecule has 1 saturated heterocycles. The number of nitrogens with zero attached hydrogens (tertiary/aromatic N) is 2. The van der Waals surface area contributed by atoms with Crippen molar-refractivity contribution in [3.63, 3.8) is 0 Å². The highest BCUT2D eigenvalue weighted by Crippen LogP contribution is 2.26. The number of rotatable bonds is 6. The van der Waals surface area contributed by atoms with Crippen molar-refractivity contribution < 1.29 is 14.3 Å². The number of hydrogen-bond donors (Lipinski definition) is 2. The van der Waals surface area contributed by atoms with Crippen molar-refractivity contribution in [1.29, 1.82) is 0 Å². The van der Waals surface area contributed by atoms with E-state index in [1.807, 2.05) is 37.3 Å².